The van der Waals surface area contributed by atoms with Crippen molar-refractivity contribution in [1.29, 1.82) is 0 Å². The van der Waals surface area contributed by atoms with Crippen LogP contribution in [0, 0.1) is 5.92 Å². The molecular weight excluding hydrogens is 294 g/mol. The highest BCUT2D eigenvalue weighted by Crippen LogP contribution is 2.36. The summed E-state index contributed by atoms with van der Waals surface area (Å²) in [5, 5.41) is 7.71. The summed E-state index contributed by atoms with van der Waals surface area (Å²) >= 11 is 3.41. The summed E-state index contributed by atoms with van der Waals surface area (Å²) in [6.07, 6.45) is 7.80. The molecule has 0 spiro atoms. The van der Waals surface area contributed by atoms with Gasteiger partial charge in [0.15, 0.2) is 0 Å². The summed E-state index contributed by atoms with van der Waals surface area (Å²) in [7, 11) is 0. The number of hydrogen-bond donors (Lipinski definition) is 1. The van der Waals surface area contributed by atoms with Crippen molar-refractivity contribution in [3.8, 4) is 0 Å². The number of hydrogen-bond acceptors (Lipinski definition) is 3. The minimum absolute atomic E-state index is 0.0187. The van der Waals surface area contributed by atoms with E-state index >= 15 is 0 Å². The Labute approximate surface area is 115 Å². The van der Waals surface area contributed by atoms with Gasteiger partial charge in [0.1, 0.15) is 4.47 Å². The van der Waals surface area contributed by atoms with Gasteiger partial charge in [-0.2, -0.15) is 5.10 Å². The first kappa shape index (κ1) is 12.2. The monoisotopic (exact) mass is 311 g/mol. The van der Waals surface area contributed by atoms with E-state index in [2.05, 4.69) is 33.3 Å². The first-order chi connectivity index (χ1) is 8.57. The van der Waals surface area contributed by atoms with Gasteiger partial charge in [-0.05, 0) is 60.9 Å². The van der Waals surface area contributed by atoms with E-state index in [1.165, 1.54) is 19.3 Å². The molecule has 3 rings (SSSR count). The lowest BCUT2D eigenvalue weighted by molar-refractivity contribution is 0.306. The number of nitrogens with one attached hydrogen (secondary N) is 1. The van der Waals surface area contributed by atoms with Crippen molar-refractivity contribution in [2.45, 2.75) is 51.1 Å². The van der Waals surface area contributed by atoms with Crippen LogP contribution in [0.3, 0.4) is 0 Å². The standard InChI is InChI=1S/C13H18BrN3O/c1-13(5-2-6-13)16-10-7-15-17(8-9-3-4-9)12(18)11(10)14/h7,9,16H,2-6,8H2,1H3. The maximum absolute atomic E-state index is 12.2. The van der Waals surface area contributed by atoms with Crippen LogP contribution in [0.5, 0.6) is 0 Å². The molecule has 1 N–H and O–H groups in total. The molecule has 4 nitrogen and oxygen atoms in total. The molecule has 2 fully saturated rings. The maximum Gasteiger partial charge on any atom is 0.283 e. The minimum atomic E-state index is -0.0187. The quantitative estimate of drug-likeness (QED) is 0.930. The molecule has 1 aromatic rings. The highest BCUT2D eigenvalue weighted by atomic mass is 79.9. The van der Waals surface area contributed by atoms with E-state index in [0.29, 0.717) is 10.4 Å². The number of anilines is 1. The predicted molar refractivity (Wildman–Crippen MR) is 74.8 cm³/mol. The number of rotatable bonds is 4. The van der Waals surface area contributed by atoms with Crippen molar-refractivity contribution in [3.05, 3.63) is 21.0 Å². The van der Waals surface area contributed by atoms with Crippen LogP contribution in [0.1, 0.15) is 39.0 Å². The fraction of sp³-hybridized carbons (Fsp3) is 0.692. The molecule has 0 bridgehead atoms. The van der Waals surface area contributed by atoms with E-state index < -0.39 is 0 Å². The molecule has 0 atom stereocenters. The van der Waals surface area contributed by atoms with Crippen molar-refractivity contribution < 1.29 is 0 Å². The van der Waals surface area contributed by atoms with E-state index in [4.69, 9.17) is 0 Å². The molecule has 2 aliphatic carbocycles. The fourth-order valence-electron chi connectivity index (χ4n) is 2.38. The summed E-state index contributed by atoms with van der Waals surface area (Å²) < 4.78 is 2.20. The highest BCUT2D eigenvalue weighted by molar-refractivity contribution is 9.10. The van der Waals surface area contributed by atoms with Gasteiger partial charge in [-0.3, -0.25) is 4.79 Å². The van der Waals surface area contributed by atoms with Crippen LogP contribution in [-0.2, 0) is 6.54 Å². The molecule has 0 saturated heterocycles. The van der Waals surface area contributed by atoms with Gasteiger partial charge in [0.25, 0.3) is 5.56 Å². The molecule has 0 aromatic carbocycles. The Balaban J connectivity index is 1.82. The maximum atomic E-state index is 12.2. The van der Waals surface area contributed by atoms with Gasteiger partial charge < -0.3 is 5.32 Å². The first-order valence-electron chi connectivity index (χ1n) is 6.61. The number of aromatic nitrogens is 2. The largest absolute Gasteiger partial charge is 0.378 e. The lowest BCUT2D eigenvalue weighted by Crippen LogP contribution is -2.42. The van der Waals surface area contributed by atoms with Gasteiger partial charge in [0.05, 0.1) is 11.9 Å². The third kappa shape index (κ3) is 2.32. The number of nitrogens with zero attached hydrogens (tertiary/aromatic N) is 2. The average molecular weight is 312 g/mol. The highest BCUT2D eigenvalue weighted by Gasteiger charge is 2.32. The zero-order chi connectivity index (χ0) is 12.8. The van der Waals surface area contributed by atoms with Crippen LogP contribution in [0.4, 0.5) is 5.69 Å². The zero-order valence-electron chi connectivity index (χ0n) is 10.6. The number of halogens is 1. The Bertz CT molecular complexity index is 517. The fourth-order valence-corrected chi connectivity index (χ4v) is 2.79. The van der Waals surface area contributed by atoms with Crippen molar-refractivity contribution in [2.24, 2.45) is 5.92 Å². The predicted octanol–water partition coefficient (Wildman–Crippen LogP) is 2.77. The molecule has 0 aliphatic heterocycles. The second kappa shape index (κ2) is 4.37. The molecule has 98 valence electrons. The molecule has 2 aliphatic rings. The van der Waals surface area contributed by atoms with Crippen LogP contribution in [0.25, 0.3) is 0 Å². The van der Waals surface area contributed by atoms with E-state index in [0.717, 1.165) is 25.1 Å². The van der Waals surface area contributed by atoms with Gasteiger partial charge in [-0.15, -0.1) is 0 Å². The van der Waals surface area contributed by atoms with Gasteiger partial charge >= 0.3 is 0 Å². The SMILES string of the molecule is CC1(Nc2cnn(CC3CC3)c(=O)c2Br)CCC1. The van der Waals surface area contributed by atoms with Crippen LogP contribution >= 0.6 is 15.9 Å². The van der Waals surface area contributed by atoms with Gasteiger partial charge in [0.2, 0.25) is 0 Å². The molecule has 2 saturated carbocycles. The molecule has 1 aromatic heterocycles. The molecule has 5 heteroatoms. The van der Waals surface area contributed by atoms with Gasteiger partial charge in [-0.1, -0.05) is 0 Å². The van der Waals surface area contributed by atoms with Crippen LogP contribution in [0.15, 0.2) is 15.5 Å². The van der Waals surface area contributed by atoms with E-state index in [9.17, 15) is 4.79 Å². The van der Waals surface area contributed by atoms with E-state index in [1.54, 1.807) is 10.9 Å². The van der Waals surface area contributed by atoms with Crippen molar-refractivity contribution in [3.63, 3.8) is 0 Å². The minimum Gasteiger partial charge on any atom is -0.378 e. The second-order valence-electron chi connectivity index (χ2n) is 5.84. The molecule has 1 heterocycles. The molecular formula is C13H18BrN3O. The summed E-state index contributed by atoms with van der Waals surface area (Å²) in [6, 6.07) is 0. The topological polar surface area (TPSA) is 46.9 Å². The normalized spacial score (nSPS) is 21.4. The Morgan fingerprint density at radius 1 is 1.56 bits per heavy atom. The van der Waals surface area contributed by atoms with E-state index in [1.807, 2.05) is 0 Å². The van der Waals surface area contributed by atoms with Crippen LogP contribution in [-0.4, -0.2) is 15.3 Å². The Hall–Kier alpha value is -0.840. The molecule has 0 amide bonds. The third-order valence-corrected chi connectivity index (χ3v) is 4.77. The summed E-state index contributed by atoms with van der Waals surface area (Å²) in [6.45, 7) is 2.95. The molecule has 0 unspecified atom stereocenters. The zero-order valence-corrected chi connectivity index (χ0v) is 12.2. The van der Waals surface area contributed by atoms with Crippen LogP contribution < -0.4 is 10.9 Å². The van der Waals surface area contributed by atoms with E-state index in [-0.39, 0.29) is 11.1 Å². The smallest absolute Gasteiger partial charge is 0.283 e. The Morgan fingerprint density at radius 2 is 2.28 bits per heavy atom. The van der Waals surface area contributed by atoms with Crippen LogP contribution in [0.2, 0.25) is 0 Å². The first-order valence-corrected chi connectivity index (χ1v) is 7.40. The lowest BCUT2D eigenvalue weighted by Gasteiger charge is -2.40. The van der Waals surface area contributed by atoms with Crippen molar-refractivity contribution in [2.75, 3.05) is 5.32 Å². The lowest BCUT2D eigenvalue weighted by atomic mass is 9.78. The Kier molecular flexibility index (Phi) is 2.96. The van der Waals surface area contributed by atoms with Crippen molar-refractivity contribution >= 4 is 21.6 Å². The average Bonchev–Trinajstić information content (AvgIpc) is 3.10. The van der Waals surface area contributed by atoms with Gasteiger partial charge in [-0.25, -0.2) is 4.68 Å². The summed E-state index contributed by atoms with van der Waals surface area (Å²) in [4.78, 5) is 12.2. The third-order valence-electron chi connectivity index (χ3n) is 4.01. The van der Waals surface area contributed by atoms with Crippen molar-refractivity contribution in [1.82, 2.24) is 9.78 Å². The second-order valence-corrected chi connectivity index (χ2v) is 6.64. The Morgan fingerprint density at radius 3 is 2.83 bits per heavy atom. The van der Waals surface area contributed by atoms with Gasteiger partial charge in [0, 0.05) is 12.1 Å². The summed E-state index contributed by atoms with van der Waals surface area (Å²) in [5.41, 5.74) is 0.948. The molecule has 18 heavy (non-hydrogen) atoms. The molecule has 0 radical (unpaired) electrons. The summed E-state index contributed by atoms with van der Waals surface area (Å²) in [5.74, 6) is 0.657.